The third-order valence-corrected chi connectivity index (χ3v) is 6.08. The Kier molecular flexibility index (Phi) is 7.52. The van der Waals surface area contributed by atoms with Gasteiger partial charge in [0.2, 0.25) is 0 Å². The van der Waals surface area contributed by atoms with Gasteiger partial charge in [-0.2, -0.15) is 13.2 Å². The summed E-state index contributed by atoms with van der Waals surface area (Å²) in [6, 6.07) is 10.4. The number of benzene rings is 1. The fourth-order valence-electron chi connectivity index (χ4n) is 4.50. The van der Waals surface area contributed by atoms with Crippen LogP contribution < -0.4 is 10.5 Å². The fourth-order valence-corrected chi connectivity index (χ4v) is 4.50. The molecule has 0 unspecified atom stereocenters. The summed E-state index contributed by atoms with van der Waals surface area (Å²) < 4.78 is 49.5. The van der Waals surface area contributed by atoms with Gasteiger partial charge in [-0.15, -0.1) is 35.0 Å². The van der Waals surface area contributed by atoms with E-state index in [2.05, 4.69) is 15.2 Å². The summed E-state index contributed by atoms with van der Waals surface area (Å²) in [7, 11) is 1.56. The van der Waals surface area contributed by atoms with E-state index in [4.69, 9.17) is 10.5 Å². The lowest BCUT2D eigenvalue weighted by Crippen LogP contribution is -2.43. The Labute approximate surface area is 212 Å². The molecule has 0 saturated carbocycles. The predicted octanol–water partition coefficient (Wildman–Crippen LogP) is 4.82. The van der Waals surface area contributed by atoms with E-state index in [0.29, 0.717) is 34.9 Å². The second kappa shape index (κ2) is 9.77. The van der Waals surface area contributed by atoms with E-state index in [9.17, 15) is 13.2 Å². The van der Waals surface area contributed by atoms with Crippen molar-refractivity contribution in [3.63, 3.8) is 0 Å². The number of likely N-dealkylation sites (tertiary alicyclic amines) is 1. The molecule has 4 aromatic rings. The number of nitrogens with two attached hydrogens (primary N) is 1. The van der Waals surface area contributed by atoms with Crippen molar-refractivity contribution >= 4 is 41.4 Å². The minimum absolute atomic E-state index is 0. The quantitative estimate of drug-likeness (QED) is 0.408. The van der Waals surface area contributed by atoms with E-state index in [1.54, 1.807) is 36.6 Å². The minimum atomic E-state index is -4.46. The van der Waals surface area contributed by atoms with E-state index in [-0.39, 0.29) is 43.5 Å². The van der Waals surface area contributed by atoms with Crippen LogP contribution in [0.1, 0.15) is 24.9 Å². The van der Waals surface area contributed by atoms with Gasteiger partial charge in [0.15, 0.2) is 11.5 Å². The fraction of sp³-hybridized carbons (Fsp3) is 0.348. The smallest absolute Gasteiger partial charge is 0.408 e. The standard InChI is InChI=1S/C23H23F3N6O.2ClH/c1-22(27)10-11-31(13-22)20(23(24,25)26)15-7-9-18-29-30-21(32(18)12-15)16-8-6-14-4-3-5-17(33-2)19(14)28-16;;/h3-9,12,20H,10-11,13,27H2,1-2H3;2*1H/t20-,22+;;/m1../s1. The van der Waals surface area contributed by atoms with Crippen LogP contribution in [0.4, 0.5) is 13.2 Å². The second-order valence-electron chi connectivity index (χ2n) is 8.76. The van der Waals surface area contributed by atoms with Gasteiger partial charge < -0.3 is 10.5 Å². The number of ether oxygens (including phenoxy) is 1. The van der Waals surface area contributed by atoms with Gasteiger partial charge in [0, 0.05) is 30.2 Å². The first kappa shape index (κ1) is 26.9. The zero-order valence-electron chi connectivity index (χ0n) is 19.0. The van der Waals surface area contributed by atoms with Crippen LogP contribution in [0.25, 0.3) is 28.1 Å². The van der Waals surface area contributed by atoms with Crippen LogP contribution in [-0.2, 0) is 0 Å². The van der Waals surface area contributed by atoms with E-state index < -0.39 is 17.8 Å². The Morgan fingerprint density at radius 2 is 1.86 bits per heavy atom. The normalized spacial score (nSPS) is 19.4. The molecule has 1 aromatic carbocycles. The molecular formula is C23H25Cl2F3N6O. The lowest BCUT2D eigenvalue weighted by Gasteiger charge is -2.31. The molecule has 5 rings (SSSR count). The van der Waals surface area contributed by atoms with Gasteiger partial charge in [0.25, 0.3) is 0 Å². The summed E-state index contributed by atoms with van der Waals surface area (Å²) >= 11 is 0. The largest absolute Gasteiger partial charge is 0.494 e. The Bertz CT molecular complexity index is 1340. The zero-order valence-corrected chi connectivity index (χ0v) is 20.6. The number of halogens is 5. The molecule has 188 valence electrons. The Morgan fingerprint density at radius 1 is 1.09 bits per heavy atom. The molecule has 1 aliphatic heterocycles. The first-order valence-electron chi connectivity index (χ1n) is 10.5. The number of nitrogens with zero attached hydrogens (tertiary/aromatic N) is 5. The number of fused-ring (bicyclic) bond motifs is 2. The van der Waals surface area contributed by atoms with Crippen LogP contribution >= 0.6 is 24.8 Å². The predicted molar refractivity (Wildman–Crippen MR) is 132 cm³/mol. The Morgan fingerprint density at radius 3 is 2.51 bits per heavy atom. The summed E-state index contributed by atoms with van der Waals surface area (Å²) in [6.45, 7) is 2.22. The van der Waals surface area contributed by atoms with E-state index in [0.717, 1.165) is 5.39 Å². The topological polar surface area (TPSA) is 81.6 Å². The first-order chi connectivity index (χ1) is 15.7. The maximum Gasteiger partial charge on any atom is 0.408 e. The number of hydrogen-bond acceptors (Lipinski definition) is 6. The average molecular weight is 529 g/mol. The Hall–Kier alpha value is -2.66. The molecule has 12 heteroatoms. The highest BCUT2D eigenvalue weighted by atomic mass is 35.5. The molecule has 0 aliphatic carbocycles. The van der Waals surface area contributed by atoms with E-state index >= 15 is 0 Å². The maximum atomic E-state index is 14.2. The number of pyridine rings is 2. The number of alkyl halides is 3. The van der Waals surface area contributed by atoms with E-state index in [1.807, 2.05) is 18.2 Å². The van der Waals surface area contributed by atoms with Crippen molar-refractivity contribution in [2.75, 3.05) is 20.2 Å². The molecule has 2 atom stereocenters. The third kappa shape index (κ3) is 5.02. The van der Waals surface area contributed by atoms with Crippen LogP contribution in [0.3, 0.4) is 0 Å². The van der Waals surface area contributed by atoms with Crippen molar-refractivity contribution < 1.29 is 17.9 Å². The monoisotopic (exact) mass is 528 g/mol. The minimum Gasteiger partial charge on any atom is -0.494 e. The molecule has 2 N–H and O–H groups in total. The highest BCUT2D eigenvalue weighted by Crippen LogP contribution is 2.41. The van der Waals surface area contributed by atoms with Gasteiger partial charge in [0.05, 0.1) is 7.11 Å². The van der Waals surface area contributed by atoms with Gasteiger partial charge >= 0.3 is 6.18 Å². The summed E-state index contributed by atoms with van der Waals surface area (Å²) in [6.07, 6.45) is -2.51. The van der Waals surface area contributed by atoms with E-state index in [1.165, 1.54) is 17.2 Å². The molecule has 7 nitrogen and oxygen atoms in total. The number of rotatable bonds is 4. The molecule has 0 radical (unpaired) electrons. The Balaban J connectivity index is 0.00000171. The molecule has 1 aliphatic rings. The second-order valence-corrected chi connectivity index (χ2v) is 8.76. The lowest BCUT2D eigenvalue weighted by atomic mass is 10.0. The highest BCUT2D eigenvalue weighted by Gasteiger charge is 2.48. The van der Waals surface area contributed by atoms with Crippen LogP contribution in [-0.4, -0.2) is 56.4 Å². The summed E-state index contributed by atoms with van der Waals surface area (Å²) in [5, 5.41) is 9.21. The summed E-state index contributed by atoms with van der Waals surface area (Å²) in [5.41, 5.74) is 7.12. The van der Waals surface area contributed by atoms with Gasteiger partial charge in [0.1, 0.15) is 23.0 Å². The van der Waals surface area contributed by atoms with Crippen LogP contribution in [0.5, 0.6) is 5.75 Å². The van der Waals surface area contributed by atoms with Crippen molar-refractivity contribution in [2.24, 2.45) is 5.73 Å². The van der Waals surface area contributed by atoms with Gasteiger partial charge in [-0.3, -0.25) is 9.30 Å². The highest BCUT2D eigenvalue weighted by molar-refractivity contribution is 5.86. The molecule has 1 saturated heterocycles. The lowest BCUT2D eigenvalue weighted by molar-refractivity contribution is -0.184. The van der Waals surface area contributed by atoms with Gasteiger partial charge in [-0.25, -0.2) is 4.98 Å². The van der Waals surface area contributed by atoms with Crippen LogP contribution in [0.15, 0.2) is 48.7 Å². The zero-order chi connectivity index (χ0) is 23.4. The molecule has 35 heavy (non-hydrogen) atoms. The van der Waals surface area contributed by atoms with Crippen molar-refractivity contribution in [1.29, 1.82) is 0 Å². The molecule has 0 spiro atoms. The first-order valence-corrected chi connectivity index (χ1v) is 10.5. The van der Waals surface area contributed by atoms with Crippen molar-refractivity contribution in [2.45, 2.75) is 31.1 Å². The number of hydrogen-bond donors (Lipinski definition) is 1. The number of aromatic nitrogens is 4. The van der Waals surface area contributed by atoms with Crippen LogP contribution in [0, 0.1) is 0 Å². The number of methoxy groups -OCH3 is 1. The summed E-state index contributed by atoms with van der Waals surface area (Å²) in [5.74, 6) is 0.950. The molecular weight excluding hydrogens is 504 g/mol. The average Bonchev–Trinajstić information content (AvgIpc) is 3.34. The SMILES string of the molecule is COc1cccc2ccc(-c3nnc4ccc([C@@H](N5CC[C@](C)(N)C5)C(F)(F)F)cn34)nc12.Cl.Cl. The van der Waals surface area contributed by atoms with Crippen LogP contribution in [0.2, 0.25) is 0 Å². The molecule has 4 heterocycles. The molecule has 0 amide bonds. The van der Waals surface area contributed by atoms with Gasteiger partial charge in [-0.05, 0) is 37.1 Å². The third-order valence-electron chi connectivity index (χ3n) is 6.08. The number of para-hydroxylation sites is 1. The summed E-state index contributed by atoms with van der Waals surface area (Å²) in [4.78, 5) is 6.05. The van der Waals surface area contributed by atoms with Gasteiger partial charge in [-0.1, -0.05) is 24.3 Å². The molecule has 3 aromatic heterocycles. The van der Waals surface area contributed by atoms with Crippen molar-refractivity contribution in [3.8, 4) is 17.3 Å². The van der Waals surface area contributed by atoms with Crippen molar-refractivity contribution in [1.82, 2.24) is 24.5 Å². The molecule has 0 bridgehead atoms. The maximum absolute atomic E-state index is 14.2. The molecule has 1 fully saturated rings. The van der Waals surface area contributed by atoms with Crippen molar-refractivity contribution in [3.05, 3.63) is 54.2 Å².